The van der Waals surface area contributed by atoms with Gasteiger partial charge in [0.05, 0.1) is 0 Å². The van der Waals surface area contributed by atoms with E-state index in [1.54, 1.807) is 12.1 Å². The summed E-state index contributed by atoms with van der Waals surface area (Å²) in [6, 6.07) is 7.19. The summed E-state index contributed by atoms with van der Waals surface area (Å²) >= 11 is 5.84. The van der Waals surface area contributed by atoms with E-state index in [0.717, 1.165) is 0 Å². The van der Waals surface area contributed by atoms with Crippen molar-refractivity contribution in [3.05, 3.63) is 41.0 Å². The lowest BCUT2D eigenvalue weighted by molar-refractivity contribution is 0.284. The Morgan fingerprint density at radius 1 is 1.41 bits per heavy atom. The van der Waals surface area contributed by atoms with Crippen LogP contribution in [0.2, 0.25) is 5.02 Å². The van der Waals surface area contributed by atoms with E-state index < -0.39 is 0 Å². The Balaban J connectivity index is 1.97. The van der Waals surface area contributed by atoms with Gasteiger partial charge < -0.3 is 9.26 Å². The van der Waals surface area contributed by atoms with Gasteiger partial charge in [0.1, 0.15) is 5.75 Å². The molecule has 1 aromatic heterocycles. The molecule has 0 bridgehead atoms. The molecule has 0 amide bonds. The summed E-state index contributed by atoms with van der Waals surface area (Å²) in [6.07, 6.45) is 0. The Bertz CT molecular complexity index is 497. The van der Waals surface area contributed by atoms with Crippen LogP contribution in [-0.4, -0.2) is 10.1 Å². The molecule has 90 valence electrons. The minimum Gasteiger partial charge on any atom is -0.485 e. The molecule has 5 heteroatoms. The van der Waals surface area contributed by atoms with Crippen molar-refractivity contribution in [3.63, 3.8) is 0 Å². The van der Waals surface area contributed by atoms with E-state index in [4.69, 9.17) is 20.9 Å². The maximum absolute atomic E-state index is 5.84. The Kier molecular flexibility index (Phi) is 3.64. The zero-order valence-corrected chi connectivity index (χ0v) is 10.4. The van der Waals surface area contributed by atoms with Gasteiger partial charge in [-0.05, 0) is 18.2 Å². The molecule has 17 heavy (non-hydrogen) atoms. The van der Waals surface area contributed by atoms with Gasteiger partial charge in [-0.3, -0.25) is 0 Å². The summed E-state index contributed by atoms with van der Waals surface area (Å²) in [5, 5.41) is 4.47. The molecule has 0 aliphatic heterocycles. The first kappa shape index (κ1) is 11.9. The average Bonchev–Trinajstić information content (AvgIpc) is 2.75. The van der Waals surface area contributed by atoms with Crippen LogP contribution in [0.1, 0.15) is 31.5 Å². The van der Waals surface area contributed by atoms with Crippen LogP contribution in [0, 0.1) is 0 Å². The second-order valence-corrected chi connectivity index (χ2v) is 4.39. The summed E-state index contributed by atoms with van der Waals surface area (Å²) in [6.45, 7) is 4.26. The number of nitrogens with zero attached hydrogens (tertiary/aromatic N) is 2. The highest BCUT2D eigenvalue weighted by Gasteiger charge is 2.10. The zero-order chi connectivity index (χ0) is 12.3. The molecule has 2 aromatic rings. The van der Waals surface area contributed by atoms with E-state index in [1.165, 1.54) is 0 Å². The first-order chi connectivity index (χ1) is 8.15. The fourth-order valence-electron chi connectivity index (χ4n) is 1.27. The molecule has 0 spiro atoms. The van der Waals surface area contributed by atoms with Crippen LogP contribution < -0.4 is 4.74 Å². The Morgan fingerprint density at radius 2 is 2.24 bits per heavy atom. The van der Waals surface area contributed by atoms with Crippen LogP contribution in [0.4, 0.5) is 0 Å². The molecule has 4 nitrogen and oxygen atoms in total. The minimum atomic E-state index is 0.224. The predicted octanol–water partition coefficient (Wildman–Crippen LogP) is 3.43. The lowest BCUT2D eigenvalue weighted by atomic mass is 10.2. The van der Waals surface area contributed by atoms with Gasteiger partial charge >= 0.3 is 0 Å². The van der Waals surface area contributed by atoms with Crippen LogP contribution in [0.15, 0.2) is 28.8 Å². The highest BCUT2D eigenvalue weighted by molar-refractivity contribution is 6.30. The van der Waals surface area contributed by atoms with E-state index >= 15 is 0 Å². The summed E-state index contributed by atoms with van der Waals surface area (Å²) in [7, 11) is 0. The van der Waals surface area contributed by atoms with Gasteiger partial charge in [0, 0.05) is 10.9 Å². The monoisotopic (exact) mass is 252 g/mol. The average molecular weight is 253 g/mol. The van der Waals surface area contributed by atoms with Crippen molar-refractivity contribution in [2.75, 3.05) is 0 Å². The smallest absolute Gasteiger partial charge is 0.229 e. The molecule has 1 heterocycles. The van der Waals surface area contributed by atoms with Gasteiger partial charge in [-0.1, -0.05) is 36.7 Å². The first-order valence-electron chi connectivity index (χ1n) is 5.36. The molecule has 0 saturated heterocycles. The summed E-state index contributed by atoms with van der Waals surface area (Å²) in [5.74, 6) is 2.07. The molecular weight excluding hydrogens is 240 g/mol. The number of ether oxygens (including phenoxy) is 1. The molecule has 0 aliphatic rings. The molecule has 2 rings (SSSR count). The Hall–Kier alpha value is -1.55. The predicted molar refractivity (Wildman–Crippen MR) is 64.2 cm³/mol. The second-order valence-electron chi connectivity index (χ2n) is 3.95. The lowest BCUT2D eigenvalue weighted by Crippen LogP contribution is -1.98. The van der Waals surface area contributed by atoms with E-state index in [9.17, 15) is 0 Å². The van der Waals surface area contributed by atoms with Gasteiger partial charge in [0.15, 0.2) is 6.61 Å². The fraction of sp³-hybridized carbons (Fsp3) is 0.333. The van der Waals surface area contributed by atoms with Gasteiger partial charge in [0.25, 0.3) is 0 Å². The molecule has 0 saturated carbocycles. The Morgan fingerprint density at radius 3 is 2.88 bits per heavy atom. The van der Waals surface area contributed by atoms with Crippen molar-refractivity contribution in [2.24, 2.45) is 0 Å². The highest BCUT2D eigenvalue weighted by atomic mass is 35.5. The van der Waals surface area contributed by atoms with E-state index in [-0.39, 0.29) is 12.5 Å². The number of benzene rings is 1. The van der Waals surface area contributed by atoms with E-state index in [2.05, 4.69) is 10.1 Å². The first-order valence-corrected chi connectivity index (χ1v) is 5.74. The van der Waals surface area contributed by atoms with Crippen LogP contribution in [0.3, 0.4) is 0 Å². The van der Waals surface area contributed by atoms with E-state index in [0.29, 0.717) is 22.5 Å². The van der Waals surface area contributed by atoms with Crippen molar-refractivity contribution in [3.8, 4) is 5.75 Å². The number of hydrogen-bond donors (Lipinski definition) is 0. The van der Waals surface area contributed by atoms with Gasteiger partial charge in [-0.25, -0.2) is 0 Å². The van der Waals surface area contributed by atoms with Gasteiger partial charge in [-0.15, -0.1) is 0 Å². The van der Waals surface area contributed by atoms with Crippen molar-refractivity contribution < 1.29 is 9.26 Å². The van der Waals surface area contributed by atoms with Crippen LogP contribution >= 0.6 is 11.6 Å². The molecule has 0 N–H and O–H groups in total. The SMILES string of the molecule is CC(C)c1nc(COc2cccc(Cl)c2)no1. The summed E-state index contributed by atoms with van der Waals surface area (Å²) < 4.78 is 10.6. The normalized spacial score (nSPS) is 10.8. The molecule has 1 aromatic carbocycles. The standard InChI is InChI=1S/C12H13ClN2O2/c1-8(2)12-14-11(15-17-12)7-16-10-5-3-4-9(13)6-10/h3-6,8H,7H2,1-2H3. The Labute approximate surface area is 105 Å². The third kappa shape index (κ3) is 3.20. The minimum absolute atomic E-state index is 0.224. The summed E-state index contributed by atoms with van der Waals surface area (Å²) in [5.41, 5.74) is 0. The largest absolute Gasteiger partial charge is 0.485 e. The topological polar surface area (TPSA) is 48.2 Å². The third-order valence-electron chi connectivity index (χ3n) is 2.14. The van der Waals surface area contributed by atoms with Crippen molar-refractivity contribution >= 4 is 11.6 Å². The fourth-order valence-corrected chi connectivity index (χ4v) is 1.45. The number of hydrogen-bond acceptors (Lipinski definition) is 4. The molecule has 0 radical (unpaired) electrons. The van der Waals surface area contributed by atoms with Gasteiger partial charge in [-0.2, -0.15) is 4.98 Å². The number of rotatable bonds is 4. The number of aromatic nitrogens is 2. The highest BCUT2D eigenvalue weighted by Crippen LogP contribution is 2.18. The van der Waals surface area contributed by atoms with Crippen LogP contribution in [-0.2, 0) is 6.61 Å². The maximum Gasteiger partial charge on any atom is 0.229 e. The quantitative estimate of drug-likeness (QED) is 0.837. The summed E-state index contributed by atoms with van der Waals surface area (Å²) in [4.78, 5) is 4.21. The van der Waals surface area contributed by atoms with Crippen LogP contribution in [0.5, 0.6) is 5.75 Å². The van der Waals surface area contributed by atoms with Gasteiger partial charge in [0.2, 0.25) is 11.7 Å². The van der Waals surface area contributed by atoms with Crippen molar-refractivity contribution in [1.82, 2.24) is 10.1 Å². The zero-order valence-electron chi connectivity index (χ0n) is 9.68. The lowest BCUT2D eigenvalue weighted by Gasteiger charge is -2.02. The number of halogens is 1. The molecule has 0 fully saturated rings. The third-order valence-corrected chi connectivity index (χ3v) is 2.38. The maximum atomic E-state index is 5.84. The molecular formula is C12H13ClN2O2. The van der Waals surface area contributed by atoms with Crippen LogP contribution in [0.25, 0.3) is 0 Å². The second kappa shape index (κ2) is 5.19. The molecule has 0 atom stereocenters. The van der Waals surface area contributed by atoms with Crippen molar-refractivity contribution in [1.29, 1.82) is 0 Å². The molecule has 0 unspecified atom stereocenters. The van der Waals surface area contributed by atoms with E-state index in [1.807, 2.05) is 26.0 Å². The van der Waals surface area contributed by atoms with Crippen molar-refractivity contribution in [2.45, 2.75) is 26.4 Å². The molecule has 0 aliphatic carbocycles.